The number of amides is 2. The van der Waals surface area contributed by atoms with Gasteiger partial charge < -0.3 is 15.7 Å². The number of hydrogen-bond acceptors (Lipinski definition) is 5. The second-order valence-electron chi connectivity index (χ2n) is 15.4. The molecule has 256 valence electrons. The molecule has 1 heterocycles. The SMILES string of the molecule is CC(CCC(COS(=O)N1CCCC1C(=O)Nc1cc(O)c(NC(=O)c2ccccc2)cc1Cl)C(C)CC(C)(C)C)CC(C)(C)C. The smallest absolute Gasteiger partial charge is 0.255 e. The summed E-state index contributed by atoms with van der Waals surface area (Å²) in [6.45, 7) is 19.0. The molecule has 0 saturated carbocycles. The Morgan fingerprint density at radius 1 is 1.00 bits per heavy atom. The molecule has 10 heteroatoms. The normalized spacial score (nSPS) is 18.5. The molecule has 2 aromatic rings. The quantitative estimate of drug-likeness (QED) is 0.173. The molecule has 1 aliphatic rings. The van der Waals surface area contributed by atoms with Crippen molar-refractivity contribution in [1.82, 2.24) is 4.31 Å². The van der Waals surface area contributed by atoms with Gasteiger partial charge in [-0.3, -0.25) is 13.8 Å². The molecule has 0 aliphatic carbocycles. The Bertz CT molecular complexity index is 1340. The Morgan fingerprint density at radius 3 is 2.28 bits per heavy atom. The minimum absolute atomic E-state index is 0.122. The Labute approximate surface area is 283 Å². The molecule has 2 aromatic carbocycles. The molecule has 0 spiro atoms. The lowest BCUT2D eigenvalue weighted by molar-refractivity contribution is -0.119. The minimum atomic E-state index is -1.79. The maximum Gasteiger partial charge on any atom is 0.255 e. The van der Waals surface area contributed by atoms with Crippen LogP contribution in [0.3, 0.4) is 0 Å². The number of nitrogens with zero attached hydrogens (tertiary/aromatic N) is 1. The van der Waals surface area contributed by atoms with Crippen LogP contribution in [0.4, 0.5) is 11.4 Å². The molecular weight excluding hydrogens is 622 g/mol. The number of nitrogens with one attached hydrogen (secondary N) is 2. The minimum Gasteiger partial charge on any atom is -0.506 e. The van der Waals surface area contributed by atoms with Crippen molar-refractivity contribution >= 4 is 46.1 Å². The van der Waals surface area contributed by atoms with E-state index in [0.29, 0.717) is 43.4 Å². The number of phenols is 1. The van der Waals surface area contributed by atoms with Crippen molar-refractivity contribution in [3.05, 3.63) is 53.1 Å². The van der Waals surface area contributed by atoms with Gasteiger partial charge in [-0.1, -0.05) is 91.6 Å². The van der Waals surface area contributed by atoms with Crippen molar-refractivity contribution < 1.29 is 23.1 Å². The summed E-state index contributed by atoms with van der Waals surface area (Å²) in [6, 6.07) is 10.6. The van der Waals surface area contributed by atoms with E-state index in [-0.39, 0.29) is 44.8 Å². The molecule has 5 atom stereocenters. The molecular formula is C36H54ClN3O5S. The van der Waals surface area contributed by atoms with E-state index in [1.807, 2.05) is 0 Å². The van der Waals surface area contributed by atoms with E-state index in [2.05, 4.69) is 66.0 Å². The lowest BCUT2D eigenvalue weighted by atomic mass is 9.76. The molecule has 0 radical (unpaired) electrons. The van der Waals surface area contributed by atoms with Gasteiger partial charge in [-0.15, -0.1) is 0 Å². The van der Waals surface area contributed by atoms with Crippen LogP contribution in [0.5, 0.6) is 5.75 Å². The largest absolute Gasteiger partial charge is 0.506 e. The topological polar surface area (TPSA) is 108 Å². The average molecular weight is 676 g/mol. The van der Waals surface area contributed by atoms with E-state index in [1.54, 1.807) is 34.6 Å². The zero-order valence-corrected chi connectivity index (χ0v) is 30.4. The maximum absolute atomic E-state index is 13.5. The summed E-state index contributed by atoms with van der Waals surface area (Å²) in [7, 11) is 0. The van der Waals surface area contributed by atoms with Crippen molar-refractivity contribution in [1.29, 1.82) is 0 Å². The lowest BCUT2D eigenvalue weighted by Crippen LogP contribution is -2.41. The summed E-state index contributed by atoms with van der Waals surface area (Å²) in [6.07, 6.45) is 5.49. The van der Waals surface area contributed by atoms with Crippen molar-refractivity contribution in [3.63, 3.8) is 0 Å². The summed E-state index contributed by atoms with van der Waals surface area (Å²) < 4.78 is 21.1. The Balaban J connectivity index is 1.63. The number of carbonyl (C=O) groups is 2. The molecule has 0 bridgehead atoms. The highest BCUT2D eigenvalue weighted by molar-refractivity contribution is 7.77. The number of phenolic OH excluding ortho intramolecular Hbond substituents is 1. The first kappa shape index (κ1) is 38.0. The van der Waals surface area contributed by atoms with Crippen molar-refractivity contribution in [3.8, 4) is 5.75 Å². The molecule has 5 unspecified atom stereocenters. The van der Waals surface area contributed by atoms with Crippen LogP contribution in [0.15, 0.2) is 42.5 Å². The Morgan fingerprint density at radius 2 is 1.65 bits per heavy atom. The summed E-state index contributed by atoms with van der Waals surface area (Å²) in [5.41, 5.74) is 1.20. The van der Waals surface area contributed by atoms with Gasteiger partial charge in [-0.2, -0.15) is 4.31 Å². The predicted octanol–water partition coefficient (Wildman–Crippen LogP) is 8.84. The molecule has 1 fully saturated rings. The first-order valence-electron chi connectivity index (χ1n) is 16.4. The zero-order chi connectivity index (χ0) is 34.2. The first-order valence-corrected chi connectivity index (χ1v) is 17.9. The number of carbonyl (C=O) groups excluding carboxylic acids is 2. The van der Waals surface area contributed by atoms with Gasteiger partial charge in [0.2, 0.25) is 17.2 Å². The van der Waals surface area contributed by atoms with Crippen LogP contribution < -0.4 is 10.6 Å². The van der Waals surface area contributed by atoms with Gasteiger partial charge in [0.25, 0.3) is 5.91 Å². The van der Waals surface area contributed by atoms with E-state index >= 15 is 0 Å². The van der Waals surface area contributed by atoms with Crippen LogP contribution in [-0.4, -0.2) is 44.6 Å². The van der Waals surface area contributed by atoms with Crippen molar-refractivity contribution in [2.45, 2.75) is 100.0 Å². The third-order valence-corrected chi connectivity index (χ3v) is 9.91. The van der Waals surface area contributed by atoms with Gasteiger partial charge in [0.1, 0.15) is 11.8 Å². The van der Waals surface area contributed by atoms with E-state index in [0.717, 1.165) is 25.7 Å². The van der Waals surface area contributed by atoms with Gasteiger partial charge in [-0.25, -0.2) is 4.21 Å². The fraction of sp³-hybridized carbons (Fsp3) is 0.611. The van der Waals surface area contributed by atoms with Crippen LogP contribution in [0.2, 0.25) is 5.02 Å². The molecule has 3 N–H and O–H groups in total. The van der Waals surface area contributed by atoms with Crippen LogP contribution in [0.1, 0.15) is 104 Å². The molecule has 46 heavy (non-hydrogen) atoms. The molecule has 8 nitrogen and oxygen atoms in total. The van der Waals surface area contributed by atoms with E-state index in [1.165, 1.54) is 12.1 Å². The number of benzene rings is 2. The highest BCUT2D eigenvalue weighted by atomic mass is 35.5. The highest BCUT2D eigenvalue weighted by Gasteiger charge is 2.36. The van der Waals surface area contributed by atoms with Crippen LogP contribution in [-0.2, 0) is 20.2 Å². The van der Waals surface area contributed by atoms with Gasteiger partial charge in [0.15, 0.2) is 0 Å². The van der Waals surface area contributed by atoms with Gasteiger partial charge >= 0.3 is 0 Å². The second-order valence-corrected chi connectivity index (χ2v) is 17.0. The fourth-order valence-corrected chi connectivity index (χ4v) is 7.79. The number of rotatable bonds is 14. The molecule has 1 aliphatic heterocycles. The average Bonchev–Trinajstić information content (AvgIpc) is 3.44. The zero-order valence-electron chi connectivity index (χ0n) is 28.8. The van der Waals surface area contributed by atoms with Crippen LogP contribution in [0.25, 0.3) is 0 Å². The highest BCUT2D eigenvalue weighted by Crippen LogP contribution is 2.36. The summed E-state index contributed by atoms with van der Waals surface area (Å²) in [5.74, 6) is 0.205. The van der Waals surface area contributed by atoms with E-state index < -0.39 is 23.2 Å². The van der Waals surface area contributed by atoms with E-state index in [4.69, 9.17) is 15.8 Å². The summed E-state index contributed by atoms with van der Waals surface area (Å²) in [5, 5.41) is 16.2. The Kier molecular flexibility index (Phi) is 13.7. The summed E-state index contributed by atoms with van der Waals surface area (Å²) >= 11 is 4.66. The Hall–Kier alpha value is -2.46. The van der Waals surface area contributed by atoms with Crippen LogP contribution in [0, 0.1) is 28.6 Å². The fourth-order valence-electron chi connectivity index (χ4n) is 6.46. The molecule has 2 amide bonds. The molecule has 3 rings (SSSR count). The third-order valence-electron chi connectivity index (χ3n) is 8.44. The van der Waals surface area contributed by atoms with Gasteiger partial charge in [0, 0.05) is 18.2 Å². The standard InChI is InChI=1S/C36H54ClN3O5S/c1-24(21-35(3,4)5)16-17-27(25(2)22-36(6,7)8)23-45-46(44)40-18-12-15-31(40)34(43)38-29-20-32(41)30(19-28(29)37)39-33(42)26-13-10-9-11-14-26/h9-11,13-14,19-20,24-25,27,31,41H,12,15-18,21-23H2,1-8H3,(H,38,43)(H,39,42). The number of anilines is 2. The van der Waals surface area contributed by atoms with Crippen molar-refractivity contribution in [2.24, 2.45) is 28.6 Å². The first-order chi connectivity index (χ1) is 21.4. The number of halogens is 1. The van der Waals surface area contributed by atoms with Gasteiger partial charge in [0.05, 0.1) is 23.0 Å². The van der Waals surface area contributed by atoms with Crippen molar-refractivity contribution in [2.75, 3.05) is 23.8 Å². The predicted molar refractivity (Wildman–Crippen MR) is 189 cm³/mol. The molecule has 0 aromatic heterocycles. The number of aromatic hydroxyl groups is 1. The van der Waals surface area contributed by atoms with Crippen LogP contribution >= 0.6 is 11.6 Å². The lowest BCUT2D eigenvalue weighted by Gasteiger charge is -2.31. The van der Waals surface area contributed by atoms with E-state index in [9.17, 15) is 18.9 Å². The number of hydrogen-bond donors (Lipinski definition) is 3. The third kappa shape index (κ3) is 12.0. The molecule has 1 saturated heterocycles. The summed E-state index contributed by atoms with van der Waals surface area (Å²) in [4.78, 5) is 25.9. The maximum atomic E-state index is 13.5. The van der Waals surface area contributed by atoms with Gasteiger partial charge in [-0.05, 0) is 78.9 Å². The second kappa shape index (κ2) is 16.6. The monoisotopic (exact) mass is 675 g/mol.